The van der Waals surface area contributed by atoms with Crippen molar-refractivity contribution in [2.75, 3.05) is 12.4 Å². The Morgan fingerprint density at radius 3 is 2.91 bits per heavy atom. The molecule has 6 nitrogen and oxygen atoms in total. The minimum atomic E-state index is -0.0971. The number of benzene rings is 1. The van der Waals surface area contributed by atoms with Gasteiger partial charge in [0, 0.05) is 29.2 Å². The lowest BCUT2D eigenvalue weighted by Gasteiger charge is -2.25. The lowest BCUT2D eigenvalue weighted by Crippen LogP contribution is -2.20. The molecule has 114 valence electrons. The van der Waals surface area contributed by atoms with E-state index in [0.29, 0.717) is 5.95 Å². The van der Waals surface area contributed by atoms with Crippen molar-refractivity contribution in [2.45, 2.75) is 6.04 Å². The minimum Gasteiger partial charge on any atom is -0.496 e. The Kier molecular flexibility index (Phi) is 3.27. The summed E-state index contributed by atoms with van der Waals surface area (Å²) in [6.45, 7) is 0. The number of pyridine rings is 1. The molecule has 6 heteroatoms. The van der Waals surface area contributed by atoms with Gasteiger partial charge in [-0.15, -0.1) is 0 Å². The van der Waals surface area contributed by atoms with Gasteiger partial charge in [-0.25, -0.2) is 4.68 Å². The van der Waals surface area contributed by atoms with Gasteiger partial charge in [-0.1, -0.05) is 18.2 Å². The fraction of sp³-hybridized carbons (Fsp3) is 0.118. The summed E-state index contributed by atoms with van der Waals surface area (Å²) in [5.74, 6) is 1.52. The second-order valence-electron chi connectivity index (χ2n) is 5.16. The van der Waals surface area contributed by atoms with Gasteiger partial charge in [0.2, 0.25) is 5.95 Å². The van der Waals surface area contributed by atoms with Crippen LogP contribution in [0.1, 0.15) is 17.2 Å². The maximum Gasteiger partial charge on any atom is 0.226 e. The largest absolute Gasteiger partial charge is 0.496 e. The molecule has 23 heavy (non-hydrogen) atoms. The van der Waals surface area contributed by atoms with Gasteiger partial charge in [0.15, 0.2) is 0 Å². The van der Waals surface area contributed by atoms with E-state index in [-0.39, 0.29) is 6.04 Å². The number of ether oxygens (including phenoxy) is 1. The standard InChI is InChI=1S/C17H15N5O/c1-23-16-7-3-2-6-13(16)15-9-14(12-5-4-8-18-10-12)21-17-19-11-20-22(15)17/h2-11,15H,1H3,(H,19,20,21). The maximum absolute atomic E-state index is 5.51. The highest BCUT2D eigenvalue weighted by molar-refractivity contribution is 5.76. The first kappa shape index (κ1) is 13.5. The molecule has 3 heterocycles. The summed E-state index contributed by atoms with van der Waals surface area (Å²) in [5.41, 5.74) is 2.99. The Hall–Kier alpha value is -3.15. The van der Waals surface area contributed by atoms with E-state index < -0.39 is 0 Å². The van der Waals surface area contributed by atoms with Crippen LogP contribution in [0.5, 0.6) is 5.75 Å². The number of aromatic nitrogens is 4. The van der Waals surface area contributed by atoms with Crippen LogP contribution in [-0.4, -0.2) is 26.9 Å². The van der Waals surface area contributed by atoms with E-state index in [1.165, 1.54) is 0 Å². The van der Waals surface area contributed by atoms with Crippen LogP contribution in [0.15, 0.2) is 61.2 Å². The molecule has 0 saturated carbocycles. The summed E-state index contributed by atoms with van der Waals surface area (Å²) in [5, 5.41) is 7.65. The highest BCUT2D eigenvalue weighted by Gasteiger charge is 2.25. The molecule has 1 aromatic carbocycles. The molecule has 0 spiro atoms. The van der Waals surface area contributed by atoms with Crippen molar-refractivity contribution in [2.24, 2.45) is 0 Å². The van der Waals surface area contributed by atoms with Crippen LogP contribution in [0.25, 0.3) is 5.70 Å². The van der Waals surface area contributed by atoms with E-state index in [1.807, 2.05) is 47.3 Å². The predicted molar refractivity (Wildman–Crippen MR) is 87.0 cm³/mol. The number of rotatable bonds is 3. The van der Waals surface area contributed by atoms with E-state index in [2.05, 4.69) is 26.5 Å². The molecule has 1 unspecified atom stereocenters. The first-order chi connectivity index (χ1) is 11.4. The second kappa shape index (κ2) is 5.57. The highest BCUT2D eigenvalue weighted by Crippen LogP contribution is 2.35. The van der Waals surface area contributed by atoms with Crippen molar-refractivity contribution >= 4 is 11.6 Å². The third-order valence-electron chi connectivity index (χ3n) is 3.84. The van der Waals surface area contributed by atoms with Gasteiger partial charge >= 0.3 is 0 Å². The second-order valence-corrected chi connectivity index (χ2v) is 5.16. The topological polar surface area (TPSA) is 64.9 Å². The van der Waals surface area contributed by atoms with Gasteiger partial charge in [-0.2, -0.15) is 10.1 Å². The molecule has 4 rings (SSSR count). The van der Waals surface area contributed by atoms with E-state index in [0.717, 1.165) is 22.6 Å². The molecule has 0 amide bonds. The SMILES string of the molecule is COc1ccccc1C1C=C(c2cccnc2)Nc2ncnn21. The molecule has 0 aliphatic carbocycles. The van der Waals surface area contributed by atoms with Gasteiger partial charge in [0.05, 0.1) is 7.11 Å². The molecular weight excluding hydrogens is 290 g/mol. The minimum absolute atomic E-state index is 0.0971. The smallest absolute Gasteiger partial charge is 0.226 e. The summed E-state index contributed by atoms with van der Waals surface area (Å²) in [4.78, 5) is 8.49. The molecule has 1 aliphatic heterocycles. The fourth-order valence-electron chi connectivity index (χ4n) is 2.76. The summed E-state index contributed by atoms with van der Waals surface area (Å²) in [6.07, 6.45) is 7.23. The highest BCUT2D eigenvalue weighted by atomic mass is 16.5. The lowest BCUT2D eigenvalue weighted by atomic mass is 10.0. The zero-order chi connectivity index (χ0) is 15.6. The van der Waals surface area contributed by atoms with Gasteiger partial charge < -0.3 is 10.1 Å². The molecule has 0 saturated heterocycles. The molecule has 1 N–H and O–H groups in total. The third kappa shape index (κ3) is 2.34. The first-order valence-corrected chi connectivity index (χ1v) is 7.28. The number of allylic oxidation sites excluding steroid dienone is 1. The van der Waals surface area contributed by atoms with Gasteiger partial charge in [0.1, 0.15) is 18.1 Å². The van der Waals surface area contributed by atoms with Crippen LogP contribution in [0, 0.1) is 0 Å². The zero-order valence-electron chi connectivity index (χ0n) is 12.5. The number of para-hydroxylation sites is 1. The molecule has 0 radical (unpaired) electrons. The first-order valence-electron chi connectivity index (χ1n) is 7.28. The van der Waals surface area contributed by atoms with Crippen molar-refractivity contribution in [1.82, 2.24) is 19.7 Å². The van der Waals surface area contributed by atoms with Crippen LogP contribution < -0.4 is 10.1 Å². The lowest BCUT2D eigenvalue weighted by molar-refractivity contribution is 0.404. The van der Waals surface area contributed by atoms with Crippen molar-refractivity contribution in [3.8, 4) is 5.75 Å². The third-order valence-corrected chi connectivity index (χ3v) is 3.84. The fourth-order valence-corrected chi connectivity index (χ4v) is 2.76. The van der Waals surface area contributed by atoms with Crippen LogP contribution in [0.4, 0.5) is 5.95 Å². The number of hydrogen-bond donors (Lipinski definition) is 1. The molecule has 0 fully saturated rings. The van der Waals surface area contributed by atoms with Gasteiger partial charge in [-0.05, 0) is 24.3 Å². The number of anilines is 1. The van der Waals surface area contributed by atoms with E-state index in [9.17, 15) is 0 Å². The van der Waals surface area contributed by atoms with Crippen molar-refractivity contribution < 1.29 is 4.74 Å². The molecular formula is C17H15N5O. The Balaban J connectivity index is 1.85. The van der Waals surface area contributed by atoms with Crippen molar-refractivity contribution in [3.63, 3.8) is 0 Å². The molecule has 1 aliphatic rings. The van der Waals surface area contributed by atoms with Crippen molar-refractivity contribution in [3.05, 3.63) is 72.3 Å². The predicted octanol–water partition coefficient (Wildman–Crippen LogP) is 2.74. The van der Waals surface area contributed by atoms with Crippen LogP contribution in [0.2, 0.25) is 0 Å². The monoisotopic (exact) mass is 305 g/mol. The quantitative estimate of drug-likeness (QED) is 0.806. The van der Waals surface area contributed by atoms with Crippen LogP contribution in [0.3, 0.4) is 0 Å². The van der Waals surface area contributed by atoms with Crippen LogP contribution >= 0.6 is 0 Å². The van der Waals surface area contributed by atoms with Crippen LogP contribution in [-0.2, 0) is 0 Å². The average molecular weight is 305 g/mol. The van der Waals surface area contributed by atoms with Crippen molar-refractivity contribution in [1.29, 1.82) is 0 Å². The summed E-state index contributed by atoms with van der Waals surface area (Å²) >= 11 is 0. The Bertz CT molecular complexity index is 856. The molecule has 2 aromatic heterocycles. The number of nitrogens with zero attached hydrogens (tertiary/aromatic N) is 4. The number of hydrogen-bond acceptors (Lipinski definition) is 5. The molecule has 0 bridgehead atoms. The maximum atomic E-state index is 5.51. The van der Waals surface area contributed by atoms with Gasteiger partial charge in [-0.3, -0.25) is 4.98 Å². The van der Waals surface area contributed by atoms with E-state index in [1.54, 1.807) is 19.6 Å². The number of fused-ring (bicyclic) bond motifs is 1. The van der Waals surface area contributed by atoms with Gasteiger partial charge in [0.25, 0.3) is 0 Å². The molecule has 3 aromatic rings. The number of nitrogens with one attached hydrogen (secondary N) is 1. The number of methoxy groups -OCH3 is 1. The Morgan fingerprint density at radius 1 is 1.17 bits per heavy atom. The Labute approximate surface area is 133 Å². The Morgan fingerprint density at radius 2 is 2.09 bits per heavy atom. The van der Waals surface area contributed by atoms with E-state index >= 15 is 0 Å². The normalized spacial score (nSPS) is 16.2. The zero-order valence-corrected chi connectivity index (χ0v) is 12.5. The van der Waals surface area contributed by atoms with E-state index in [4.69, 9.17) is 4.74 Å². The summed E-state index contributed by atoms with van der Waals surface area (Å²) < 4.78 is 7.35. The molecule has 1 atom stereocenters. The average Bonchev–Trinajstić information content (AvgIpc) is 3.10. The summed E-state index contributed by atoms with van der Waals surface area (Å²) in [7, 11) is 1.67. The summed E-state index contributed by atoms with van der Waals surface area (Å²) in [6, 6.07) is 11.8.